The van der Waals surface area contributed by atoms with Crippen molar-refractivity contribution < 1.29 is 14.6 Å². The van der Waals surface area contributed by atoms with Crippen LogP contribution in [0.25, 0.3) is 10.9 Å². The molecule has 0 saturated carbocycles. The van der Waals surface area contributed by atoms with Crippen LogP contribution in [0.3, 0.4) is 0 Å². The highest BCUT2D eigenvalue weighted by molar-refractivity contribution is 9.10. The van der Waals surface area contributed by atoms with Crippen LogP contribution in [-0.4, -0.2) is 22.7 Å². The number of rotatable bonds is 7. The third kappa shape index (κ3) is 4.61. The van der Waals surface area contributed by atoms with Crippen LogP contribution in [0.5, 0.6) is 5.75 Å². The lowest BCUT2D eigenvalue weighted by Gasteiger charge is -2.09. The second kappa shape index (κ2) is 8.32. The maximum absolute atomic E-state index is 10.6. The Morgan fingerprint density at radius 1 is 1.15 bits per heavy atom. The average Bonchev–Trinajstić information content (AvgIpc) is 2.62. The van der Waals surface area contributed by atoms with Crippen LogP contribution in [0.15, 0.2) is 53.0 Å². The fourth-order valence-corrected chi connectivity index (χ4v) is 3.35. The van der Waals surface area contributed by atoms with Gasteiger partial charge in [-0.25, -0.2) is 4.79 Å². The number of benzene rings is 2. The lowest BCUT2D eigenvalue weighted by atomic mass is 10.0. The predicted molar refractivity (Wildman–Crippen MR) is 106 cm³/mol. The molecule has 0 fully saturated rings. The summed E-state index contributed by atoms with van der Waals surface area (Å²) in [5.74, 6) is -0.453. The van der Waals surface area contributed by atoms with E-state index in [1.807, 2.05) is 6.07 Å². The molecule has 0 amide bonds. The Morgan fingerprint density at radius 2 is 2.00 bits per heavy atom. The second-order valence-electron chi connectivity index (χ2n) is 6.19. The minimum atomic E-state index is -0.989. The molecule has 2 aromatic carbocycles. The van der Waals surface area contributed by atoms with Crippen molar-refractivity contribution in [3.05, 3.63) is 69.8 Å². The summed E-state index contributed by atoms with van der Waals surface area (Å²) in [5.41, 5.74) is 4.47. The third-order valence-electron chi connectivity index (χ3n) is 4.10. The zero-order valence-corrected chi connectivity index (χ0v) is 16.1. The number of fused-ring (bicyclic) bond motifs is 1. The van der Waals surface area contributed by atoms with Gasteiger partial charge < -0.3 is 9.84 Å². The summed E-state index contributed by atoms with van der Waals surface area (Å²) in [7, 11) is 0. The molecule has 3 rings (SSSR count). The van der Waals surface area contributed by atoms with Crippen LogP contribution < -0.4 is 4.74 Å². The van der Waals surface area contributed by atoms with Gasteiger partial charge in [-0.05, 0) is 54.3 Å². The maximum Gasteiger partial charge on any atom is 0.341 e. The maximum atomic E-state index is 10.6. The van der Waals surface area contributed by atoms with Gasteiger partial charge in [0.1, 0.15) is 5.75 Å². The van der Waals surface area contributed by atoms with Gasteiger partial charge in [-0.2, -0.15) is 0 Å². The van der Waals surface area contributed by atoms with Crippen LogP contribution >= 0.6 is 15.9 Å². The highest BCUT2D eigenvalue weighted by atomic mass is 79.9. The normalized spacial score (nSPS) is 10.8. The number of ether oxygens (including phenoxy) is 1. The number of aromatic nitrogens is 1. The van der Waals surface area contributed by atoms with Crippen molar-refractivity contribution in [2.24, 2.45) is 0 Å². The summed E-state index contributed by atoms with van der Waals surface area (Å²) in [6.07, 6.45) is 2.87. The van der Waals surface area contributed by atoms with Crippen LogP contribution in [0.1, 0.15) is 30.2 Å². The summed E-state index contributed by atoms with van der Waals surface area (Å²) < 4.78 is 6.10. The Morgan fingerprint density at radius 3 is 2.73 bits per heavy atom. The largest absolute Gasteiger partial charge is 0.482 e. The molecular weight excluding hydrogens is 394 g/mol. The monoisotopic (exact) mass is 413 g/mol. The summed E-state index contributed by atoms with van der Waals surface area (Å²) in [4.78, 5) is 15.3. The van der Waals surface area contributed by atoms with Crippen molar-refractivity contribution >= 4 is 32.8 Å². The molecule has 3 aromatic rings. The van der Waals surface area contributed by atoms with Gasteiger partial charge in [0, 0.05) is 15.6 Å². The van der Waals surface area contributed by atoms with Gasteiger partial charge in [0.25, 0.3) is 0 Å². The molecule has 4 nitrogen and oxygen atoms in total. The highest BCUT2D eigenvalue weighted by Gasteiger charge is 2.07. The molecule has 0 saturated heterocycles. The van der Waals surface area contributed by atoms with E-state index in [1.54, 1.807) is 12.1 Å². The minimum Gasteiger partial charge on any atom is -0.482 e. The fourth-order valence-electron chi connectivity index (χ4n) is 2.85. The van der Waals surface area contributed by atoms with Gasteiger partial charge in [-0.3, -0.25) is 4.98 Å². The Hall–Kier alpha value is -2.40. The van der Waals surface area contributed by atoms with Gasteiger partial charge in [0.05, 0.1) is 5.52 Å². The van der Waals surface area contributed by atoms with Gasteiger partial charge in [-0.1, -0.05) is 47.5 Å². The lowest BCUT2D eigenvalue weighted by Crippen LogP contribution is -2.09. The first-order valence-corrected chi connectivity index (χ1v) is 9.36. The van der Waals surface area contributed by atoms with E-state index in [9.17, 15) is 4.79 Å². The van der Waals surface area contributed by atoms with E-state index >= 15 is 0 Å². The Labute approximate surface area is 161 Å². The van der Waals surface area contributed by atoms with Crippen molar-refractivity contribution in [3.8, 4) is 5.75 Å². The number of nitrogens with zero attached hydrogens (tertiary/aromatic N) is 1. The first-order chi connectivity index (χ1) is 12.5. The van der Waals surface area contributed by atoms with Gasteiger partial charge >= 0.3 is 5.97 Å². The standard InChI is InChI=1S/C21H20BrNO3/c1-2-3-17-7-5-16-11-14(4-9-20(16)23-17)10-15-6-8-18(12-19(15)22)26-13-21(24)25/h4-9,11-12H,2-3,10,13H2,1H3,(H,24,25). The van der Waals surface area contributed by atoms with Crippen molar-refractivity contribution in [1.29, 1.82) is 0 Å². The molecule has 1 N–H and O–H groups in total. The van der Waals surface area contributed by atoms with Crippen molar-refractivity contribution in [3.63, 3.8) is 0 Å². The van der Waals surface area contributed by atoms with Crippen LogP contribution in [0.4, 0.5) is 0 Å². The number of pyridine rings is 1. The molecule has 0 aliphatic rings. The number of carboxylic acids is 1. The Balaban J connectivity index is 1.77. The number of carbonyl (C=O) groups is 1. The van der Waals surface area contributed by atoms with E-state index in [-0.39, 0.29) is 6.61 Å². The predicted octanol–water partition coefficient (Wildman–Crippen LogP) is 5.00. The minimum absolute atomic E-state index is 0.344. The lowest BCUT2D eigenvalue weighted by molar-refractivity contribution is -0.139. The molecule has 26 heavy (non-hydrogen) atoms. The SMILES string of the molecule is CCCc1ccc2cc(Cc3ccc(OCC(=O)O)cc3Br)ccc2n1. The zero-order valence-electron chi connectivity index (χ0n) is 14.5. The molecule has 0 aliphatic heterocycles. The van der Waals surface area contributed by atoms with E-state index in [1.165, 1.54) is 5.56 Å². The van der Waals surface area contributed by atoms with Gasteiger partial charge in [-0.15, -0.1) is 0 Å². The molecule has 0 unspecified atom stereocenters. The molecule has 0 radical (unpaired) electrons. The third-order valence-corrected chi connectivity index (χ3v) is 4.84. The zero-order chi connectivity index (χ0) is 18.5. The van der Waals surface area contributed by atoms with Crippen LogP contribution in [0, 0.1) is 0 Å². The Bertz CT molecular complexity index is 940. The quantitative estimate of drug-likeness (QED) is 0.591. The van der Waals surface area contributed by atoms with E-state index in [0.717, 1.165) is 45.9 Å². The van der Waals surface area contributed by atoms with Crippen LogP contribution in [-0.2, 0) is 17.6 Å². The molecule has 1 heterocycles. The fraction of sp³-hybridized carbons (Fsp3) is 0.238. The molecule has 5 heteroatoms. The van der Waals surface area contributed by atoms with E-state index in [0.29, 0.717) is 5.75 Å². The molecule has 0 aliphatic carbocycles. The molecule has 0 atom stereocenters. The topological polar surface area (TPSA) is 59.4 Å². The molecular formula is C21H20BrNO3. The average molecular weight is 414 g/mol. The van der Waals surface area contributed by atoms with Crippen molar-refractivity contribution in [1.82, 2.24) is 4.98 Å². The first-order valence-electron chi connectivity index (χ1n) is 8.56. The number of hydrogen-bond acceptors (Lipinski definition) is 3. The number of halogens is 1. The Kier molecular flexibility index (Phi) is 5.89. The van der Waals surface area contributed by atoms with E-state index < -0.39 is 5.97 Å². The van der Waals surface area contributed by atoms with E-state index in [4.69, 9.17) is 14.8 Å². The van der Waals surface area contributed by atoms with Gasteiger partial charge in [0.15, 0.2) is 6.61 Å². The van der Waals surface area contributed by atoms with Crippen molar-refractivity contribution in [2.45, 2.75) is 26.2 Å². The van der Waals surface area contributed by atoms with Gasteiger partial charge in [0.2, 0.25) is 0 Å². The van der Waals surface area contributed by atoms with Crippen molar-refractivity contribution in [2.75, 3.05) is 6.61 Å². The molecule has 0 spiro atoms. The second-order valence-corrected chi connectivity index (χ2v) is 7.05. The van der Waals surface area contributed by atoms with E-state index in [2.05, 4.69) is 53.2 Å². The summed E-state index contributed by atoms with van der Waals surface area (Å²) in [6.45, 7) is 1.81. The van der Waals surface area contributed by atoms with Crippen LogP contribution in [0.2, 0.25) is 0 Å². The summed E-state index contributed by atoms with van der Waals surface area (Å²) in [5, 5.41) is 9.82. The molecule has 134 valence electrons. The number of hydrogen-bond donors (Lipinski definition) is 1. The molecule has 0 bridgehead atoms. The number of aryl methyl sites for hydroxylation is 1. The number of aliphatic carboxylic acids is 1. The molecule has 1 aromatic heterocycles. The summed E-state index contributed by atoms with van der Waals surface area (Å²) >= 11 is 3.55. The summed E-state index contributed by atoms with van der Waals surface area (Å²) in [6, 6.07) is 16.1. The number of carboxylic acid groups (broad SMARTS) is 1. The highest BCUT2D eigenvalue weighted by Crippen LogP contribution is 2.26. The smallest absolute Gasteiger partial charge is 0.341 e. The first kappa shape index (κ1) is 18.4.